The Labute approximate surface area is 185 Å². The summed E-state index contributed by atoms with van der Waals surface area (Å²) in [6.07, 6.45) is 3.52. The number of carbonyl (C=O) groups is 2. The van der Waals surface area contributed by atoms with Crippen molar-refractivity contribution in [2.24, 2.45) is 0 Å². The quantitative estimate of drug-likeness (QED) is 0.662. The average molecular weight is 435 g/mol. The molecule has 5 rings (SSSR count). The number of anilines is 2. The lowest BCUT2D eigenvalue weighted by Crippen LogP contribution is -2.40. The van der Waals surface area contributed by atoms with Crippen molar-refractivity contribution in [1.82, 2.24) is 9.88 Å². The highest BCUT2D eigenvalue weighted by Crippen LogP contribution is 2.34. The van der Waals surface area contributed by atoms with Crippen molar-refractivity contribution in [2.45, 2.75) is 38.6 Å². The molecule has 0 bridgehead atoms. The van der Waals surface area contributed by atoms with E-state index < -0.39 is 0 Å². The molecule has 1 fully saturated rings. The molecule has 2 aliphatic heterocycles. The molecule has 160 valence electrons. The molecule has 31 heavy (non-hydrogen) atoms. The normalized spacial score (nSPS) is 18.3. The van der Waals surface area contributed by atoms with Gasteiger partial charge >= 0.3 is 0 Å². The number of hydrogen-bond donors (Lipinski definition) is 1. The van der Waals surface area contributed by atoms with Crippen LogP contribution in [0.4, 0.5) is 10.8 Å². The van der Waals surface area contributed by atoms with E-state index in [1.165, 1.54) is 18.4 Å². The predicted molar refractivity (Wildman–Crippen MR) is 125 cm³/mol. The first-order valence-electron chi connectivity index (χ1n) is 10.9. The highest BCUT2D eigenvalue weighted by molar-refractivity contribution is 7.22. The Morgan fingerprint density at radius 1 is 1.13 bits per heavy atom. The Morgan fingerprint density at radius 3 is 2.74 bits per heavy atom. The summed E-state index contributed by atoms with van der Waals surface area (Å²) in [6.45, 7) is 4.36. The zero-order valence-corrected chi connectivity index (χ0v) is 18.5. The van der Waals surface area contributed by atoms with Gasteiger partial charge in [-0.25, -0.2) is 4.98 Å². The second-order valence-electron chi connectivity index (χ2n) is 8.30. The maximum atomic E-state index is 12.9. The van der Waals surface area contributed by atoms with Gasteiger partial charge in [-0.05, 0) is 48.6 Å². The topological polar surface area (TPSA) is 65.5 Å². The lowest BCUT2D eigenvalue weighted by molar-refractivity contribution is -0.132. The van der Waals surface area contributed by atoms with Crippen molar-refractivity contribution < 1.29 is 9.59 Å². The second kappa shape index (κ2) is 8.30. The molecule has 1 unspecified atom stereocenters. The first kappa shape index (κ1) is 20.0. The fraction of sp³-hybridized carbons (Fsp3) is 0.375. The third kappa shape index (κ3) is 4.02. The van der Waals surface area contributed by atoms with E-state index in [-0.39, 0.29) is 24.3 Å². The van der Waals surface area contributed by atoms with Crippen molar-refractivity contribution in [1.29, 1.82) is 0 Å². The van der Waals surface area contributed by atoms with Gasteiger partial charge in [-0.2, -0.15) is 0 Å². The maximum Gasteiger partial charge on any atom is 0.226 e. The minimum atomic E-state index is -0.226. The van der Waals surface area contributed by atoms with Crippen LogP contribution in [0.1, 0.15) is 43.4 Å². The summed E-state index contributed by atoms with van der Waals surface area (Å²) in [7, 11) is 0. The van der Waals surface area contributed by atoms with Crippen molar-refractivity contribution in [3.8, 4) is 0 Å². The molecule has 3 aromatic rings. The monoisotopic (exact) mass is 434 g/mol. The van der Waals surface area contributed by atoms with Crippen LogP contribution in [0.15, 0.2) is 42.5 Å². The zero-order valence-electron chi connectivity index (χ0n) is 17.6. The molecular formula is C24H26N4O2S. The molecule has 3 heterocycles. The number of amides is 2. The average Bonchev–Trinajstić information content (AvgIpc) is 3.43. The Bertz CT molecular complexity index is 1140. The molecule has 2 amide bonds. The summed E-state index contributed by atoms with van der Waals surface area (Å²) in [5, 5.41) is 4.10. The lowest BCUT2D eigenvalue weighted by Gasteiger charge is -2.36. The smallest absolute Gasteiger partial charge is 0.226 e. The summed E-state index contributed by atoms with van der Waals surface area (Å²) in [5.74, 6) is -0.0793. The first-order chi connectivity index (χ1) is 15.1. The Morgan fingerprint density at radius 2 is 1.94 bits per heavy atom. The van der Waals surface area contributed by atoms with Gasteiger partial charge < -0.3 is 15.1 Å². The molecular weight excluding hydrogens is 408 g/mol. The van der Waals surface area contributed by atoms with Gasteiger partial charge in [-0.1, -0.05) is 35.6 Å². The minimum absolute atomic E-state index is 0.00725. The van der Waals surface area contributed by atoms with Gasteiger partial charge in [0.1, 0.15) is 0 Å². The zero-order chi connectivity index (χ0) is 21.4. The third-order valence-corrected chi connectivity index (χ3v) is 7.31. The number of aromatic nitrogens is 1. The highest BCUT2D eigenvalue weighted by Gasteiger charge is 2.30. The first-order valence-corrected chi connectivity index (χ1v) is 11.7. The van der Waals surface area contributed by atoms with E-state index in [9.17, 15) is 9.59 Å². The Kier molecular flexibility index (Phi) is 5.36. The molecule has 1 N–H and O–H groups in total. The van der Waals surface area contributed by atoms with Crippen LogP contribution in [0.2, 0.25) is 0 Å². The van der Waals surface area contributed by atoms with Gasteiger partial charge in [-0.3, -0.25) is 9.59 Å². The van der Waals surface area contributed by atoms with E-state index in [0.29, 0.717) is 6.54 Å². The van der Waals surface area contributed by atoms with Crippen LogP contribution < -0.4 is 10.2 Å². The number of fused-ring (bicyclic) bond motifs is 2. The van der Waals surface area contributed by atoms with Crippen LogP contribution in [0, 0.1) is 0 Å². The van der Waals surface area contributed by atoms with Crippen LogP contribution in [-0.4, -0.2) is 41.3 Å². The van der Waals surface area contributed by atoms with Gasteiger partial charge in [0, 0.05) is 32.2 Å². The van der Waals surface area contributed by atoms with Gasteiger partial charge in [-0.15, -0.1) is 0 Å². The summed E-state index contributed by atoms with van der Waals surface area (Å²) in [4.78, 5) is 34.0. The van der Waals surface area contributed by atoms with Crippen molar-refractivity contribution in [3.63, 3.8) is 0 Å². The molecule has 0 saturated carbocycles. The van der Waals surface area contributed by atoms with Crippen molar-refractivity contribution in [2.75, 3.05) is 29.9 Å². The molecule has 0 radical (unpaired) electrons. The third-order valence-electron chi connectivity index (χ3n) is 6.23. The van der Waals surface area contributed by atoms with E-state index >= 15 is 0 Å². The molecule has 0 aliphatic carbocycles. The number of carbonyl (C=O) groups excluding carboxylic acids is 2. The highest BCUT2D eigenvalue weighted by atomic mass is 32.1. The van der Waals surface area contributed by atoms with Crippen molar-refractivity contribution in [3.05, 3.63) is 53.6 Å². The van der Waals surface area contributed by atoms with Gasteiger partial charge in [0.25, 0.3) is 0 Å². The van der Waals surface area contributed by atoms with Crippen LogP contribution in [0.3, 0.4) is 0 Å². The number of nitrogens with one attached hydrogen (secondary N) is 1. The van der Waals surface area contributed by atoms with Crippen molar-refractivity contribution >= 4 is 44.2 Å². The predicted octanol–water partition coefficient (Wildman–Crippen LogP) is 4.37. The summed E-state index contributed by atoms with van der Waals surface area (Å²) in [6, 6.07) is 13.8. The fourth-order valence-electron chi connectivity index (χ4n) is 4.67. The van der Waals surface area contributed by atoms with Crippen LogP contribution in [-0.2, 0) is 16.0 Å². The van der Waals surface area contributed by atoms with E-state index in [2.05, 4.69) is 16.3 Å². The Balaban J connectivity index is 1.33. The molecule has 1 saturated heterocycles. The standard InChI is InChI=1S/C24H26N4O2S/c1-16(29)28-13-10-17-6-2-3-7-19(17)21(28)15-23(30)25-18-8-9-20-22(14-18)31-24(26-20)27-11-4-5-12-27/h2-3,6-9,14,21H,4-5,10-13,15H2,1H3,(H,25,30). The Hall–Kier alpha value is -2.93. The molecule has 7 heteroatoms. The maximum absolute atomic E-state index is 12.9. The van der Waals surface area contributed by atoms with Crippen LogP contribution in [0.25, 0.3) is 10.2 Å². The minimum Gasteiger partial charge on any atom is -0.348 e. The molecule has 2 aliphatic rings. The number of thiazole rings is 1. The van der Waals surface area contributed by atoms with Crippen LogP contribution in [0.5, 0.6) is 0 Å². The molecule has 2 aromatic carbocycles. The number of rotatable bonds is 4. The largest absolute Gasteiger partial charge is 0.348 e. The van der Waals surface area contributed by atoms with Gasteiger partial charge in [0.2, 0.25) is 11.8 Å². The second-order valence-corrected chi connectivity index (χ2v) is 9.31. The molecule has 1 atom stereocenters. The summed E-state index contributed by atoms with van der Waals surface area (Å²) in [5.41, 5.74) is 4.03. The van der Waals surface area contributed by atoms with Gasteiger partial charge in [0.05, 0.1) is 22.7 Å². The van der Waals surface area contributed by atoms with E-state index in [1.807, 2.05) is 41.3 Å². The lowest BCUT2D eigenvalue weighted by atomic mass is 9.90. The van der Waals surface area contributed by atoms with E-state index in [4.69, 9.17) is 4.98 Å². The molecule has 6 nitrogen and oxygen atoms in total. The van der Waals surface area contributed by atoms with Crippen LogP contribution >= 0.6 is 11.3 Å². The summed E-state index contributed by atoms with van der Waals surface area (Å²) >= 11 is 1.68. The molecule has 0 spiro atoms. The van der Waals surface area contributed by atoms with E-state index in [1.54, 1.807) is 18.3 Å². The number of hydrogen-bond acceptors (Lipinski definition) is 5. The molecule has 1 aromatic heterocycles. The summed E-state index contributed by atoms with van der Waals surface area (Å²) < 4.78 is 1.08. The SMILES string of the molecule is CC(=O)N1CCc2ccccc2C1CC(=O)Nc1ccc2nc(N3CCCC3)sc2c1. The van der Waals surface area contributed by atoms with E-state index in [0.717, 1.165) is 46.1 Å². The number of nitrogens with zero attached hydrogens (tertiary/aromatic N) is 3. The van der Waals surface area contributed by atoms with Gasteiger partial charge in [0.15, 0.2) is 5.13 Å². The number of benzene rings is 2. The fourth-order valence-corrected chi connectivity index (χ4v) is 5.73.